The first-order chi connectivity index (χ1) is 8.47. The van der Waals surface area contributed by atoms with E-state index in [2.05, 4.69) is 10.4 Å². The van der Waals surface area contributed by atoms with E-state index in [0.717, 1.165) is 35.8 Å². The Labute approximate surface area is 114 Å². The average molecular weight is 274 g/mol. The molecule has 104 valence electrons. The monoisotopic (exact) mass is 273 g/mol. The van der Waals surface area contributed by atoms with Gasteiger partial charge in [-0.3, -0.25) is 4.68 Å². The van der Waals surface area contributed by atoms with Gasteiger partial charge in [0, 0.05) is 19.6 Å². The highest BCUT2D eigenvalue weighted by Gasteiger charge is 2.22. The van der Waals surface area contributed by atoms with Crippen molar-refractivity contribution in [3.8, 4) is 0 Å². The third-order valence-corrected chi connectivity index (χ3v) is 4.01. The normalized spacial score (nSPS) is 12.1. The smallest absolute Gasteiger partial charge is 0.0860 e. The van der Waals surface area contributed by atoms with Crippen LogP contribution in [0.1, 0.15) is 45.0 Å². The molecule has 0 amide bonds. The number of nitrogens with one attached hydrogen (secondary N) is 1. The zero-order valence-corrected chi connectivity index (χ0v) is 12.5. The standard InChI is InChI=1S/C13H24ClN3O/c1-5-13(18,6-2)9-15-8-11-12(14)10(4)16-17(11)7-3/h15,18H,5-9H2,1-4H3. The average Bonchev–Trinajstić information content (AvgIpc) is 2.66. The van der Waals surface area contributed by atoms with Crippen molar-refractivity contribution in [2.24, 2.45) is 0 Å². The SMILES string of the molecule is CCn1nc(C)c(Cl)c1CNCC(O)(CC)CC. The number of rotatable bonds is 7. The van der Waals surface area contributed by atoms with Gasteiger partial charge in [0.05, 0.1) is 22.0 Å². The third-order valence-electron chi connectivity index (χ3n) is 3.52. The van der Waals surface area contributed by atoms with E-state index in [1.165, 1.54) is 0 Å². The van der Waals surface area contributed by atoms with E-state index in [1.807, 2.05) is 32.4 Å². The third kappa shape index (κ3) is 3.46. The Hall–Kier alpha value is -0.580. The molecule has 18 heavy (non-hydrogen) atoms. The molecule has 0 aliphatic carbocycles. The van der Waals surface area contributed by atoms with Crippen LogP contribution in [0.5, 0.6) is 0 Å². The Morgan fingerprint density at radius 1 is 1.33 bits per heavy atom. The highest BCUT2D eigenvalue weighted by atomic mass is 35.5. The van der Waals surface area contributed by atoms with Crippen molar-refractivity contribution in [1.82, 2.24) is 15.1 Å². The van der Waals surface area contributed by atoms with Gasteiger partial charge in [0.2, 0.25) is 0 Å². The fraction of sp³-hybridized carbons (Fsp3) is 0.769. The summed E-state index contributed by atoms with van der Waals surface area (Å²) in [6.07, 6.45) is 1.49. The molecule has 5 heteroatoms. The molecule has 0 fully saturated rings. The maximum Gasteiger partial charge on any atom is 0.0860 e. The van der Waals surface area contributed by atoms with Crippen LogP contribution in [0.15, 0.2) is 0 Å². The van der Waals surface area contributed by atoms with Crippen LogP contribution in [-0.4, -0.2) is 27.0 Å². The predicted octanol–water partition coefficient (Wildman–Crippen LogP) is 2.51. The van der Waals surface area contributed by atoms with Gasteiger partial charge >= 0.3 is 0 Å². The van der Waals surface area contributed by atoms with Crippen LogP contribution >= 0.6 is 11.6 Å². The molecule has 0 radical (unpaired) electrons. The van der Waals surface area contributed by atoms with Crippen molar-refractivity contribution >= 4 is 11.6 Å². The molecule has 0 bridgehead atoms. The van der Waals surface area contributed by atoms with Crippen LogP contribution < -0.4 is 5.32 Å². The maximum absolute atomic E-state index is 10.2. The van der Waals surface area contributed by atoms with Gasteiger partial charge in [0.25, 0.3) is 0 Å². The maximum atomic E-state index is 10.2. The Morgan fingerprint density at radius 3 is 2.44 bits per heavy atom. The summed E-state index contributed by atoms with van der Waals surface area (Å²) < 4.78 is 1.90. The van der Waals surface area contributed by atoms with Crippen LogP contribution in [0.25, 0.3) is 0 Å². The van der Waals surface area contributed by atoms with Crippen molar-refractivity contribution in [2.75, 3.05) is 6.54 Å². The molecule has 0 saturated carbocycles. The molecule has 0 aliphatic rings. The molecule has 0 saturated heterocycles. The molecule has 4 nitrogen and oxygen atoms in total. The summed E-state index contributed by atoms with van der Waals surface area (Å²) in [6, 6.07) is 0. The zero-order chi connectivity index (χ0) is 13.8. The van der Waals surface area contributed by atoms with Crippen molar-refractivity contribution in [1.29, 1.82) is 0 Å². The van der Waals surface area contributed by atoms with Crippen LogP contribution in [0.2, 0.25) is 5.02 Å². The van der Waals surface area contributed by atoms with Crippen molar-refractivity contribution < 1.29 is 5.11 Å². The number of aromatic nitrogens is 2. The number of hydrogen-bond donors (Lipinski definition) is 2. The molecule has 0 aromatic carbocycles. The van der Waals surface area contributed by atoms with E-state index >= 15 is 0 Å². The quantitative estimate of drug-likeness (QED) is 0.803. The highest BCUT2D eigenvalue weighted by Crippen LogP contribution is 2.20. The molecular formula is C13H24ClN3O. The van der Waals surface area contributed by atoms with E-state index in [1.54, 1.807) is 0 Å². The Kier molecular flexibility index (Phi) is 5.63. The summed E-state index contributed by atoms with van der Waals surface area (Å²) in [5.41, 5.74) is 1.22. The molecule has 0 spiro atoms. The first-order valence-electron chi connectivity index (χ1n) is 6.62. The minimum absolute atomic E-state index is 0.574. The lowest BCUT2D eigenvalue weighted by molar-refractivity contribution is 0.0321. The van der Waals surface area contributed by atoms with Gasteiger partial charge in [0.1, 0.15) is 0 Å². The second-order valence-corrected chi connectivity index (χ2v) is 5.07. The van der Waals surface area contributed by atoms with Crippen molar-refractivity contribution in [2.45, 2.75) is 59.2 Å². The number of aryl methyl sites for hydroxylation is 2. The molecule has 1 aromatic rings. The van der Waals surface area contributed by atoms with E-state index in [9.17, 15) is 5.11 Å². The van der Waals surface area contributed by atoms with E-state index < -0.39 is 5.60 Å². The number of hydrogen-bond acceptors (Lipinski definition) is 3. The van der Waals surface area contributed by atoms with Gasteiger partial charge in [-0.25, -0.2) is 0 Å². The van der Waals surface area contributed by atoms with Crippen LogP contribution in [0.3, 0.4) is 0 Å². The topological polar surface area (TPSA) is 50.1 Å². The summed E-state index contributed by atoms with van der Waals surface area (Å²) in [5, 5.41) is 18.6. The molecule has 0 unspecified atom stereocenters. The van der Waals surface area contributed by atoms with Crippen LogP contribution in [-0.2, 0) is 13.1 Å². The van der Waals surface area contributed by atoms with E-state index in [0.29, 0.717) is 13.1 Å². The van der Waals surface area contributed by atoms with Gasteiger partial charge in [-0.05, 0) is 26.7 Å². The Bertz CT molecular complexity index is 386. The zero-order valence-electron chi connectivity index (χ0n) is 11.8. The number of nitrogens with zero attached hydrogens (tertiary/aromatic N) is 2. The van der Waals surface area contributed by atoms with Gasteiger partial charge in [-0.1, -0.05) is 25.4 Å². The highest BCUT2D eigenvalue weighted by molar-refractivity contribution is 6.31. The molecule has 0 atom stereocenters. The Morgan fingerprint density at radius 2 is 1.94 bits per heavy atom. The second-order valence-electron chi connectivity index (χ2n) is 4.70. The summed E-state index contributed by atoms with van der Waals surface area (Å²) in [5.74, 6) is 0. The van der Waals surface area contributed by atoms with Crippen molar-refractivity contribution in [3.05, 3.63) is 16.4 Å². The first kappa shape index (κ1) is 15.5. The molecule has 0 aliphatic heterocycles. The molecular weight excluding hydrogens is 250 g/mol. The number of halogens is 1. The first-order valence-corrected chi connectivity index (χ1v) is 7.00. The number of aliphatic hydroxyl groups is 1. The minimum Gasteiger partial charge on any atom is -0.389 e. The van der Waals surface area contributed by atoms with Crippen molar-refractivity contribution in [3.63, 3.8) is 0 Å². The summed E-state index contributed by atoms with van der Waals surface area (Å²) in [7, 11) is 0. The predicted molar refractivity (Wildman–Crippen MR) is 74.9 cm³/mol. The minimum atomic E-state index is -0.626. The fourth-order valence-electron chi connectivity index (χ4n) is 1.95. The van der Waals surface area contributed by atoms with E-state index in [4.69, 9.17) is 11.6 Å². The molecule has 1 rings (SSSR count). The van der Waals surface area contributed by atoms with Crippen LogP contribution in [0.4, 0.5) is 0 Å². The molecule has 1 aromatic heterocycles. The van der Waals surface area contributed by atoms with Gasteiger partial charge < -0.3 is 10.4 Å². The largest absolute Gasteiger partial charge is 0.389 e. The van der Waals surface area contributed by atoms with E-state index in [-0.39, 0.29) is 0 Å². The lowest BCUT2D eigenvalue weighted by atomic mass is 9.98. The van der Waals surface area contributed by atoms with Gasteiger partial charge in [0.15, 0.2) is 0 Å². The molecule has 2 N–H and O–H groups in total. The lowest BCUT2D eigenvalue weighted by Gasteiger charge is -2.25. The second kappa shape index (κ2) is 6.55. The Balaban J connectivity index is 2.64. The summed E-state index contributed by atoms with van der Waals surface area (Å²) in [6.45, 7) is 9.96. The molecule has 1 heterocycles. The van der Waals surface area contributed by atoms with Gasteiger partial charge in [-0.15, -0.1) is 0 Å². The summed E-state index contributed by atoms with van der Waals surface area (Å²) >= 11 is 6.22. The fourth-order valence-corrected chi connectivity index (χ4v) is 2.15. The summed E-state index contributed by atoms with van der Waals surface area (Å²) in [4.78, 5) is 0. The van der Waals surface area contributed by atoms with Gasteiger partial charge in [-0.2, -0.15) is 5.10 Å². The van der Waals surface area contributed by atoms with Crippen LogP contribution in [0, 0.1) is 6.92 Å². The lowest BCUT2D eigenvalue weighted by Crippen LogP contribution is -2.39.